The van der Waals surface area contributed by atoms with Gasteiger partial charge in [-0.1, -0.05) is 19.9 Å². The van der Waals surface area contributed by atoms with Gasteiger partial charge in [0.2, 0.25) is 0 Å². The molecule has 0 aliphatic heterocycles. The van der Waals surface area contributed by atoms with E-state index in [0.717, 1.165) is 6.54 Å². The quantitative estimate of drug-likeness (QED) is 0.836. The van der Waals surface area contributed by atoms with Crippen molar-refractivity contribution in [1.82, 2.24) is 4.90 Å². The highest BCUT2D eigenvalue weighted by Gasteiger charge is 2.16. The third-order valence-corrected chi connectivity index (χ3v) is 4.01. The van der Waals surface area contributed by atoms with Gasteiger partial charge in [-0.15, -0.1) is 11.3 Å². The standard InChI is InChI=1S/C12H22N2S/c1-9(2)11(13)8-14(4)10(3)12-6-5-7-15-12/h5-7,9-11H,8,13H2,1-4H3. The largest absolute Gasteiger partial charge is 0.326 e. The molecule has 0 aromatic carbocycles. The molecular formula is C12H22N2S. The maximum Gasteiger partial charge on any atom is 0.0410 e. The second-order valence-corrected chi connectivity index (χ2v) is 5.52. The van der Waals surface area contributed by atoms with E-state index in [1.807, 2.05) is 11.3 Å². The molecule has 0 amide bonds. The minimum Gasteiger partial charge on any atom is -0.326 e. The molecule has 1 aromatic rings. The van der Waals surface area contributed by atoms with Crippen molar-refractivity contribution in [1.29, 1.82) is 0 Å². The van der Waals surface area contributed by atoms with E-state index in [1.54, 1.807) is 0 Å². The van der Waals surface area contributed by atoms with Crippen LogP contribution in [0.25, 0.3) is 0 Å². The lowest BCUT2D eigenvalue weighted by Gasteiger charge is -2.28. The van der Waals surface area contributed by atoms with Crippen molar-refractivity contribution < 1.29 is 0 Å². The lowest BCUT2D eigenvalue weighted by Crippen LogP contribution is -2.39. The van der Waals surface area contributed by atoms with Gasteiger partial charge in [0.05, 0.1) is 0 Å². The lowest BCUT2D eigenvalue weighted by atomic mass is 10.0. The Hall–Kier alpha value is -0.380. The van der Waals surface area contributed by atoms with Crippen molar-refractivity contribution >= 4 is 11.3 Å². The van der Waals surface area contributed by atoms with Crippen molar-refractivity contribution in [3.63, 3.8) is 0 Å². The predicted molar refractivity (Wildman–Crippen MR) is 68.2 cm³/mol. The third kappa shape index (κ3) is 3.59. The number of hydrogen-bond acceptors (Lipinski definition) is 3. The minimum absolute atomic E-state index is 0.261. The Morgan fingerprint density at radius 3 is 2.53 bits per heavy atom. The molecule has 0 spiro atoms. The van der Waals surface area contributed by atoms with Crippen LogP contribution in [0.1, 0.15) is 31.7 Å². The van der Waals surface area contributed by atoms with Crippen molar-refractivity contribution in [3.05, 3.63) is 22.4 Å². The van der Waals surface area contributed by atoms with Gasteiger partial charge < -0.3 is 5.73 Å². The van der Waals surface area contributed by atoms with Gasteiger partial charge in [0.15, 0.2) is 0 Å². The van der Waals surface area contributed by atoms with Crippen molar-refractivity contribution in [2.75, 3.05) is 13.6 Å². The van der Waals surface area contributed by atoms with Crippen LogP contribution in [-0.4, -0.2) is 24.5 Å². The molecule has 0 fully saturated rings. The molecule has 0 saturated carbocycles. The van der Waals surface area contributed by atoms with E-state index in [0.29, 0.717) is 12.0 Å². The molecule has 0 saturated heterocycles. The number of nitrogens with zero attached hydrogens (tertiary/aromatic N) is 1. The summed E-state index contributed by atoms with van der Waals surface area (Å²) in [5.41, 5.74) is 6.07. The van der Waals surface area contributed by atoms with E-state index in [9.17, 15) is 0 Å². The topological polar surface area (TPSA) is 29.3 Å². The van der Waals surface area contributed by atoms with Crippen LogP contribution in [0, 0.1) is 5.92 Å². The number of rotatable bonds is 5. The summed E-state index contributed by atoms with van der Waals surface area (Å²) >= 11 is 1.81. The maximum atomic E-state index is 6.07. The van der Waals surface area contributed by atoms with Gasteiger partial charge in [-0.05, 0) is 31.3 Å². The summed E-state index contributed by atoms with van der Waals surface area (Å²) in [6, 6.07) is 5.02. The first-order valence-electron chi connectivity index (χ1n) is 5.51. The van der Waals surface area contributed by atoms with Crippen LogP contribution in [0.15, 0.2) is 17.5 Å². The molecule has 0 aliphatic carbocycles. The zero-order chi connectivity index (χ0) is 11.4. The monoisotopic (exact) mass is 226 g/mol. The molecule has 2 unspecified atom stereocenters. The van der Waals surface area contributed by atoms with Crippen molar-refractivity contribution in [3.8, 4) is 0 Å². The SMILES string of the molecule is CC(C)C(N)CN(C)C(C)c1cccs1. The first kappa shape index (κ1) is 12.7. The first-order chi connectivity index (χ1) is 7.02. The van der Waals surface area contributed by atoms with E-state index in [4.69, 9.17) is 5.73 Å². The summed E-state index contributed by atoms with van der Waals surface area (Å²) in [5, 5.41) is 2.13. The Morgan fingerprint density at radius 2 is 2.07 bits per heavy atom. The maximum absolute atomic E-state index is 6.07. The molecular weight excluding hydrogens is 204 g/mol. The fraction of sp³-hybridized carbons (Fsp3) is 0.667. The summed E-state index contributed by atoms with van der Waals surface area (Å²) in [5.74, 6) is 0.544. The second kappa shape index (κ2) is 5.64. The van der Waals surface area contributed by atoms with Crippen LogP contribution in [0.5, 0.6) is 0 Å². The highest BCUT2D eigenvalue weighted by molar-refractivity contribution is 7.10. The number of likely N-dealkylation sites (N-methyl/N-ethyl adjacent to an activating group) is 1. The average molecular weight is 226 g/mol. The average Bonchev–Trinajstić information content (AvgIpc) is 2.68. The highest BCUT2D eigenvalue weighted by Crippen LogP contribution is 2.23. The first-order valence-corrected chi connectivity index (χ1v) is 6.39. The molecule has 2 nitrogen and oxygen atoms in total. The Kier molecular flexibility index (Phi) is 4.77. The Bertz CT molecular complexity index is 269. The lowest BCUT2D eigenvalue weighted by molar-refractivity contribution is 0.230. The predicted octanol–water partition coefficient (Wildman–Crippen LogP) is 2.72. The van der Waals surface area contributed by atoms with Gasteiger partial charge in [0.25, 0.3) is 0 Å². The van der Waals surface area contributed by atoms with Crippen LogP contribution in [0.4, 0.5) is 0 Å². The van der Waals surface area contributed by atoms with Gasteiger partial charge in [0, 0.05) is 23.5 Å². The Morgan fingerprint density at radius 1 is 1.40 bits per heavy atom. The Balaban J connectivity index is 2.50. The number of hydrogen-bond donors (Lipinski definition) is 1. The molecule has 15 heavy (non-hydrogen) atoms. The molecule has 2 N–H and O–H groups in total. The van der Waals surface area contributed by atoms with Gasteiger partial charge >= 0.3 is 0 Å². The smallest absolute Gasteiger partial charge is 0.0410 e. The molecule has 2 atom stereocenters. The summed E-state index contributed by atoms with van der Waals surface area (Å²) in [6.07, 6.45) is 0. The van der Waals surface area contributed by atoms with Crippen LogP contribution >= 0.6 is 11.3 Å². The molecule has 1 rings (SSSR count). The van der Waals surface area contributed by atoms with E-state index in [2.05, 4.69) is 50.2 Å². The van der Waals surface area contributed by atoms with Crippen LogP contribution in [0.3, 0.4) is 0 Å². The molecule has 3 heteroatoms. The third-order valence-electron chi connectivity index (χ3n) is 2.97. The van der Waals surface area contributed by atoms with Crippen LogP contribution in [0.2, 0.25) is 0 Å². The summed E-state index contributed by atoms with van der Waals surface area (Å²) in [6.45, 7) is 7.54. The highest BCUT2D eigenvalue weighted by atomic mass is 32.1. The molecule has 0 aliphatic rings. The minimum atomic E-state index is 0.261. The second-order valence-electron chi connectivity index (χ2n) is 4.54. The molecule has 0 radical (unpaired) electrons. The van der Waals surface area contributed by atoms with E-state index >= 15 is 0 Å². The molecule has 0 bridgehead atoms. The Labute approximate surface area is 97.1 Å². The zero-order valence-corrected chi connectivity index (χ0v) is 10.9. The van der Waals surface area contributed by atoms with E-state index < -0.39 is 0 Å². The normalized spacial score (nSPS) is 15.9. The number of nitrogens with two attached hydrogens (primary N) is 1. The van der Waals surface area contributed by atoms with E-state index in [-0.39, 0.29) is 6.04 Å². The van der Waals surface area contributed by atoms with Crippen LogP contribution in [-0.2, 0) is 0 Å². The van der Waals surface area contributed by atoms with Crippen LogP contribution < -0.4 is 5.73 Å². The van der Waals surface area contributed by atoms with Gasteiger partial charge in [-0.25, -0.2) is 0 Å². The summed E-state index contributed by atoms with van der Waals surface area (Å²) in [7, 11) is 2.15. The zero-order valence-electron chi connectivity index (χ0n) is 10.1. The fourth-order valence-electron chi connectivity index (χ4n) is 1.45. The molecule has 1 heterocycles. The van der Waals surface area contributed by atoms with E-state index in [1.165, 1.54) is 4.88 Å². The molecule has 86 valence electrons. The molecule has 1 aromatic heterocycles. The van der Waals surface area contributed by atoms with Crippen molar-refractivity contribution in [2.24, 2.45) is 11.7 Å². The van der Waals surface area contributed by atoms with Crippen molar-refractivity contribution in [2.45, 2.75) is 32.9 Å². The number of thiophene rings is 1. The van der Waals surface area contributed by atoms with Gasteiger partial charge in [0.1, 0.15) is 0 Å². The summed E-state index contributed by atoms with van der Waals surface area (Å²) < 4.78 is 0. The van der Waals surface area contributed by atoms with Gasteiger partial charge in [-0.2, -0.15) is 0 Å². The fourth-order valence-corrected chi connectivity index (χ4v) is 2.30. The summed E-state index contributed by atoms with van der Waals surface area (Å²) in [4.78, 5) is 3.74. The van der Waals surface area contributed by atoms with Gasteiger partial charge in [-0.3, -0.25) is 4.90 Å².